The van der Waals surface area contributed by atoms with Gasteiger partial charge in [0.05, 0.1) is 0 Å². The zero-order valence-corrected chi connectivity index (χ0v) is 27.8. The fraction of sp³-hybridized carbons (Fsp3) is 1.00. The summed E-state index contributed by atoms with van der Waals surface area (Å²) in [6, 6.07) is 0. The molecule has 3 aliphatic rings. The first-order valence-electron chi connectivity index (χ1n) is 6.28. The van der Waals surface area contributed by atoms with Gasteiger partial charge in [0.1, 0.15) is 0 Å². The van der Waals surface area contributed by atoms with Gasteiger partial charge < -0.3 is 0 Å². The molecular formula is C2H6Al6O13Sn3. The summed E-state index contributed by atoms with van der Waals surface area (Å²) in [6.45, 7) is 0. The molecular weight excluding hydrogens is 750 g/mol. The summed E-state index contributed by atoms with van der Waals surface area (Å²) >= 11 is -17.8. The molecule has 0 atom stereocenters. The number of hydrogen-bond donors (Lipinski definition) is 0. The Morgan fingerprint density at radius 1 is 0.500 bits per heavy atom. The molecule has 3 aliphatic heterocycles. The first kappa shape index (κ1) is 23.7. The zero-order chi connectivity index (χ0) is 16.8. The third-order valence-corrected chi connectivity index (χ3v) is 28.6. The third-order valence-electron chi connectivity index (χ3n) is 2.36. The Bertz CT molecular complexity index is 354. The first-order valence-corrected chi connectivity index (χ1v) is 21.8. The van der Waals surface area contributed by atoms with Gasteiger partial charge >= 0.3 is 206 Å². The van der Waals surface area contributed by atoms with E-state index in [0.717, 1.165) is 0 Å². The molecule has 0 saturated carbocycles. The Labute approximate surface area is 201 Å². The van der Waals surface area contributed by atoms with Crippen LogP contribution in [0.4, 0.5) is 0 Å². The fourth-order valence-corrected chi connectivity index (χ4v) is 37.0. The van der Waals surface area contributed by atoms with Gasteiger partial charge in [-0.15, -0.1) is 0 Å². The second-order valence-electron chi connectivity index (χ2n) is 3.84. The van der Waals surface area contributed by atoms with Gasteiger partial charge in [0, 0.05) is 0 Å². The average molecular weight is 756 g/mol. The van der Waals surface area contributed by atoms with Crippen LogP contribution in [0.15, 0.2) is 0 Å². The molecule has 3 heterocycles. The normalized spacial score (nSPS) is 23.2. The monoisotopic (exact) mass is 760 g/mol. The molecule has 0 amide bonds. The van der Waals surface area contributed by atoms with E-state index in [0.29, 0.717) is 0 Å². The van der Waals surface area contributed by atoms with Crippen molar-refractivity contribution in [3.63, 3.8) is 0 Å². The van der Waals surface area contributed by atoms with Crippen LogP contribution < -0.4 is 0 Å². The Morgan fingerprint density at radius 2 is 0.792 bits per heavy atom. The van der Waals surface area contributed by atoms with E-state index >= 15 is 0 Å². The van der Waals surface area contributed by atoms with E-state index in [-0.39, 0.29) is 0 Å². The molecule has 24 heavy (non-hydrogen) atoms. The molecule has 13 nitrogen and oxygen atoms in total. The Balaban J connectivity index is 1.42. The van der Waals surface area contributed by atoms with E-state index < -0.39 is 157 Å². The standard InChI is InChI=1S/2CH3O.6Al.11O.3Sn/c2*1-2;;;;;;;;;;;;;;;;;;;;/h2*1H3;;;;;;;;;;;;;;;;;;;;/q2*-1;;;;;2*+1;;;;;;;;;;;;;;. The van der Waals surface area contributed by atoms with Gasteiger partial charge in [-0.3, -0.25) is 0 Å². The van der Waals surface area contributed by atoms with Crippen molar-refractivity contribution in [2.75, 3.05) is 14.2 Å². The van der Waals surface area contributed by atoms with Gasteiger partial charge in [-0.05, 0) is 0 Å². The summed E-state index contributed by atoms with van der Waals surface area (Å²) in [7, 11) is 3.10. The van der Waals surface area contributed by atoms with E-state index in [9.17, 15) is 0 Å². The molecule has 0 aromatic rings. The van der Waals surface area contributed by atoms with Crippen LogP contribution >= 0.6 is 0 Å². The number of rotatable bonds is 6. The van der Waals surface area contributed by atoms with Crippen LogP contribution in [0.25, 0.3) is 0 Å². The molecule has 0 spiro atoms. The molecule has 6 radical (unpaired) electrons. The SMILES string of the molecule is C[O][Al]1[O][Sn][O][Al]([O][Al]2[O][Sn][O][Al]([O][Al]3[O][Sn][O][Al]([O]C)[O]3)[O]2)[O]1. The molecule has 0 aromatic carbocycles. The van der Waals surface area contributed by atoms with Crippen LogP contribution in [0.2, 0.25) is 0 Å². The van der Waals surface area contributed by atoms with Crippen LogP contribution in [0.1, 0.15) is 0 Å². The average Bonchev–Trinajstić information content (AvgIpc) is 2.62. The topological polar surface area (TPSA) is 120 Å². The van der Waals surface area contributed by atoms with Crippen LogP contribution in [0.3, 0.4) is 0 Å². The quantitative estimate of drug-likeness (QED) is 0.246. The molecule has 122 valence electrons. The van der Waals surface area contributed by atoms with Crippen molar-refractivity contribution in [2.24, 2.45) is 0 Å². The molecule has 0 aliphatic carbocycles. The second kappa shape index (κ2) is 13.5. The summed E-state index contributed by atoms with van der Waals surface area (Å²) in [5.74, 6) is 0. The predicted octanol–water partition coefficient (Wildman–Crippen LogP) is -3.99. The molecule has 0 bridgehead atoms. The van der Waals surface area contributed by atoms with Crippen LogP contribution in [0.5, 0.6) is 0 Å². The Hall–Kier alpha value is 5.07. The van der Waals surface area contributed by atoms with E-state index in [2.05, 4.69) is 0 Å². The van der Waals surface area contributed by atoms with Crippen LogP contribution in [0, 0.1) is 0 Å². The summed E-state index contributed by atoms with van der Waals surface area (Å²) in [6.07, 6.45) is 0. The van der Waals surface area contributed by atoms with Gasteiger partial charge in [0.15, 0.2) is 0 Å². The Morgan fingerprint density at radius 3 is 1.12 bits per heavy atom. The van der Waals surface area contributed by atoms with Crippen molar-refractivity contribution < 1.29 is 34.5 Å². The molecule has 0 N–H and O–H groups in total. The van der Waals surface area contributed by atoms with Gasteiger partial charge in [-0.25, -0.2) is 0 Å². The molecule has 3 fully saturated rings. The fourth-order valence-electron chi connectivity index (χ4n) is 1.39. The minimum atomic E-state index is -2.38. The van der Waals surface area contributed by atoms with Crippen LogP contribution in [-0.4, -0.2) is 171 Å². The molecule has 22 heteroatoms. The van der Waals surface area contributed by atoms with Crippen molar-refractivity contribution in [3.05, 3.63) is 0 Å². The van der Waals surface area contributed by atoms with Crippen molar-refractivity contribution >= 4 is 157 Å². The molecule has 3 saturated heterocycles. The van der Waals surface area contributed by atoms with Crippen molar-refractivity contribution in [3.8, 4) is 0 Å². The summed E-state index contributed by atoms with van der Waals surface area (Å²) in [4.78, 5) is 0. The van der Waals surface area contributed by atoms with Crippen LogP contribution in [-0.2, 0) is 34.5 Å². The summed E-state index contributed by atoms with van der Waals surface area (Å²) in [5, 5.41) is 0. The van der Waals surface area contributed by atoms with E-state index in [1.807, 2.05) is 0 Å². The molecule has 3 rings (SSSR count). The second-order valence-corrected chi connectivity index (χ2v) is 28.6. The van der Waals surface area contributed by atoms with Crippen molar-refractivity contribution in [1.29, 1.82) is 0 Å². The van der Waals surface area contributed by atoms with Gasteiger partial charge in [0.2, 0.25) is 0 Å². The van der Waals surface area contributed by atoms with E-state index in [4.69, 9.17) is 34.5 Å². The zero-order valence-electron chi connectivity index (χ0n) is 12.3. The van der Waals surface area contributed by atoms with E-state index in [1.165, 1.54) is 0 Å². The molecule has 0 unspecified atom stereocenters. The summed E-state index contributed by atoms with van der Waals surface area (Å²) < 4.78 is 71.3. The van der Waals surface area contributed by atoms with E-state index in [1.54, 1.807) is 14.2 Å². The number of hydrogen-bond acceptors (Lipinski definition) is 13. The van der Waals surface area contributed by atoms with Gasteiger partial charge in [-0.2, -0.15) is 0 Å². The summed E-state index contributed by atoms with van der Waals surface area (Å²) in [5.41, 5.74) is 0. The van der Waals surface area contributed by atoms with Crippen molar-refractivity contribution in [1.82, 2.24) is 0 Å². The van der Waals surface area contributed by atoms with Gasteiger partial charge in [0.25, 0.3) is 0 Å². The van der Waals surface area contributed by atoms with Crippen molar-refractivity contribution in [2.45, 2.75) is 0 Å². The minimum absolute atomic E-state index is 1.39. The molecule has 0 aromatic heterocycles. The predicted molar refractivity (Wildman–Crippen MR) is 77.7 cm³/mol. The van der Waals surface area contributed by atoms with Gasteiger partial charge in [-0.1, -0.05) is 0 Å². The maximum atomic E-state index is 5.75. The Kier molecular flexibility index (Phi) is 13.3. The first-order chi connectivity index (χ1) is 11.8. The third kappa shape index (κ3) is 8.30. The maximum absolute atomic E-state index is 5.75.